The van der Waals surface area contributed by atoms with Crippen LogP contribution in [0.25, 0.3) is 0 Å². The standard InChI is InChI=1S/C22H30O4Si/c1-22(2,3)27(17-11-7-5-8-12-17,18-13-9-6-10-14-18)25-16-20-19(23)15-21(24-4)26-20/h5-14,19-21,23H,15-16H2,1-4H3/t19-,20+,21?/m1/s1. The molecule has 0 aliphatic carbocycles. The minimum absolute atomic E-state index is 0.0973. The fourth-order valence-electron chi connectivity index (χ4n) is 3.96. The van der Waals surface area contributed by atoms with E-state index in [4.69, 9.17) is 13.9 Å². The molecule has 0 amide bonds. The van der Waals surface area contributed by atoms with Crippen molar-refractivity contribution in [2.75, 3.05) is 13.7 Å². The Balaban J connectivity index is 2.00. The second-order valence-corrected chi connectivity index (χ2v) is 12.4. The van der Waals surface area contributed by atoms with Crippen LogP contribution >= 0.6 is 0 Å². The third-order valence-electron chi connectivity index (χ3n) is 5.33. The molecule has 146 valence electrons. The van der Waals surface area contributed by atoms with Crippen molar-refractivity contribution >= 4 is 18.7 Å². The van der Waals surface area contributed by atoms with Gasteiger partial charge in [0, 0.05) is 13.5 Å². The zero-order valence-corrected chi connectivity index (χ0v) is 17.6. The Labute approximate surface area is 163 Å². The summed E-state index contributed by atoms with van der Waals surface area (Å²) in [6, 6.07) is 21.0. The Hall–Kier alpha value is -1.50. The number of aliphatic hydroxyl groups excluding tert-OH is 1. The van der Waals surface area contributed by atoms with E-state index in [1.165, 1.54) is 10.4 Å². The van der Waals surface area contributed by atoms with Gasteiger partial charge in [-0.05, 0) is 15.4 Å². The number of methoxy groups -OCH3 is 1. The molecule has 4 nitrogen and oxygen atoms in total. The Morgan fingerprint density at radius 2 is 1.52 bits per heavy atom. The van der Waals surface area contributed by atoms with Crippen molar-refractivity contribution in [3.63, 3.8) is 0 Å². The van der Waals surface area contributed by atoms with Crippen molar-refractivity contribution in [1.82, 2.24) is 0 Å². The lowest BCUT2D eigenvalue weighted by Crippen LogP contribution is -2.67. The number of hydrogen-bond acceptors (Lipinski definition) is 4. The van der Waals surface area contributed by atoms with E-state index in [0.29, 0.717) is 13.0 Å². The monoisotopic (exact) mass is 386 g/mol. The third kappa shape index (κ3) is 4.03. The van der Waals surface area contributed by atoms with E-state index in [-0.39, 0.29) is 17.4 Å². The van der Waals surface area contributed by atoms with E-state index in [9.17, 15) is 5.11 Å². The van der Waals surface area contributed by atoms with Gasteiger partial charge in [0.15, 0.2) is 6.29 Å². The molecule has 0 aromatic heterocycles. The molecule has 3 rings (SSSR count). The molecule has 1 unspecified atom stereocenters. The number of benzene rings is 2. The average molecular weight is 387 g/mol. The van der Waals surface area contributed by atoms with Crippen molar-refractivity contribution in [2.24, 2.45) is 0 Å². The van der Waals surface area contributed by atoms with Crippen molar-refractivity contribution in [1.29, 1.82) is 0 Å². The van der Waals surface area contributed by atoms with Crippen LogP contribution < -0.4 is 10.4 Å². The van der Waals surface area contributed by atoms with Crippen molar-refractivity contribution < 1.29 is 19.0 Å². The van der Waals surface area contributed by atoms with Gasteiger partial charge in [-0.15, -0.1) is 0 Å². The van der Waals surface area contributed by atoms with E-state index in [2.05, 4.69) is 69.3 Å². The molecule has 27 heavy (non-hydrogen) atoms. The Bertz CT molecular complexity index is 675. The van der Waals surface area contributed by atoms with Gasteiger partial charge in [-0.25, -0.2) is 0 Å². The normalized spacial score (nSPS) is 23.5. The van der Waals surface area contributed by atoms with Gasteiger partial charge in [-0.3, -0.25) is 0 Å². The van der Waals surface area contributed by atoms with Gasteiger partial charge in [0.25, 0.3) is 8.32 Å². The molecular formula is C22H30O4Si. The topological polar surface area (TPSA) is 47.9 Å². The lowest BCUT2D eigenvalue weighted by molar-refractivity contribution is -0.125. The van der Waals surface area contributed by atoms with Crippen molar-refractivity contribution in [3.05, 3.63) is 60.7 Å². The van der Waals surface area contributed by atoms with Gasteiger partial charge in [-0.2, -0.15) is 0 Å². The Kier molecular flexibility index (Phi) is 6.18. The Morgan fingerprint density at radius 3 is 1.93 bits per heavy atom. The summed E-state index contributed by atoms with van der Waals surface area (Å²) in [6.45, 7) is 7.06. The maximum absolute atomic E-state index is 10.4. The van der Waals surface area contributed by atoms with Crippen LogP contribution in [0, 0.1) is 0 Å². The highest BCUT2D eigenvalue weighted by molar-refractivity contribution is 6.99. The molecule has 1 heterocycles. The lowest BCUT2D eigenvalue weighted by Gasteiger charge is -2.43. The predicted octanol–water partition coefficient (Wildman–Crippen LogP) is 2.69. The summed E-state index contributed by atoms with van der Waals surface area (Å²) < 4.78 is 17.9. The summed E-state index contributed by atoms with van der Waals surface area (Å²) >= 11 is 0. The van der Waals surface area contributed by atoms with Crippen LogP contribution in [-0.4, -0.2) is 45.6 Å². The van der Waals surface area contributed by atoms with Gasteiger partial charge in [0.05, 0.1) is 12.7 Å². The number of aliphatic hydroxyl groups is 1. The first-order valence-electron chi connectivity index (χ1n) is 9.50. The smallest absolute Gasteiger partial charge is 0.261 e. The van der Waals surface area contributed by atoms with Gasteiger partial charge < -0.3 is 19.0 Å². The van der Waals surface area contributed by atoms with E-state index in [0.717, 1.165) is 0 Å². The molecule has 0 radical (unpaired) electrons. The second kappa shape index (κ2) is 8.25. The quantitative estimate of drug-likeness (QED) is 0.776. The van der Waals surface area contributed by atoms with Crippen LogP contribution in [0.1, 0.15) is 27.2 Å². The fraction of sp³-hybridized carbons (Fsp3) is 0.455. The molecule has 0 bridgehead atoms. The molecule has 0 saturated carbocycles. The number of rotatable bonds is 6. The third-order valence-corrected chi connectivity index (χ3v) is 10.3. The predicted molar refractivity (Wildman–Crippen MR) is 110 cm³/mol. The van der Waals surface area contributed by atoms with Crippen LogP contribution in [0.4, 0.5) is 0 Å². The summed E-state index contributed by atoms with van der Waals surface area (Å²) in [5, 5.41) is 12.7. The van der Waals surface area contributed by atoms with Gasteiger partial charge >= 0.3 is 0 Å². The van der Waals surface area contributed by atoms with E-state index in [1.54, 1.807) is 7.11 Å². The van der Waals surface area contributed by atoms with E-state index < -0.39 is 14.4 Å². The average Bonchev–Trinajstić information content (AvgIpc) is 3.03. The van der Waals surface area contributed by atoms with Crippen LogP contribution in [0.2, 0.25) is 5.04 Å². The maximum Gasteiger partial charge on any atom is 0.261 e. The molecule has 1 fully saturated rings. The molecule has 2 aromatic rings. The van der Waals surface area contributed by atoms with Crippen LogP contribution in [0.3, 0.4) is 0 Å². The van der Waals surface area contributed by atoms with Crippen LogP contribution in [-0.2, 0) is 13.9 Å². The zero-order valence-electron chi connectivity index (χ0n) is 16.6. The van der Waals surface area contributed by atoms with E-state index >= 15 is 0 Å². The van der Waals surface area contributed by atoms with Crippen LogP contribution in [0.15, 0.2) is 60.7 Å². The molecular weight excluding hydrogens is 356 g/mol. The fourth-order valence-corrected chi connectivity index (χ4v) is 8.53. The van der Waals surface area contributed by atoms with Crippen molar-refractivity contribution in [2.45, 2.75) is 50.7 Å². The molecule has 0 spiro atoms. The highest BCUT2D eigenvalue weighted by atomic mass is 28.4. The molecule has 1 N–H and O–H groups in total. The largest absolute Gasteiger partial charge is 0.405 e. The molecule has 1 saturated heterocycles. The summed E-state index contributed by atoms with van der Waals surface area (Å²) in [7, 11) is -1.01. The number of hydrogen-bond donors (Lipinski definition) is 1. The molecule has 5 heteroatoms. The first-order chi connectivity index (χ1) is 12.9. The highest BCUT2D eigenvalue weighted by Gasteiger charge is 2.51. The molecule has 1 aliphatic rings. The van der Waals surface area contributed by atoms with Crippen LogP contribution in [0.5, 0.6) is 0 Å². The first-order valence-corrected chi connectivity index (χ1v) is 11.4. The van der Waals surface area contributed by atoms with Gasteiger partial charge in [0.1, 0.15) is 6.10 Å². The minimum Gasteiger partial charge on any atom is -0.405 e. The first kappa shape index (κ1) is 20.2. The summed E-state index contributed by atoms with van der Waals surface area (Å²) in [4.78, 5) is 0. The highest BCUT2D eigenvalue weighted by Crippen LogP contribution is 2.37. The SMILES string of the molecule is COC1C[C@@H](O)[C@H](CO[Si](c2ccccc2)(c2ccccc2)C(C)(C)C)O1. The van der Waals surface area contributed by atoms with E-state index in [1.807, 2.05) is 12.1 Å². The molecule has 3 atom stereocenters. The molecule has 1 aliphatic heterocycles. The minimum atomic E-state index is -2.61. The Morgan fingerprint density at radius 1 is 1.00 bits per heavy atom. The lowest BCUT2D eigenvalue weighted by atomic mass is 10.2. The van der Waals surface area contributed by atoms with Gasteiger partial charge in [-0.1, -0.05) is 81.4 Å². The maximum atomic E-state index is 10.4. The zero-order chi connectivity index (χ0) is 19.5. The number of ether oxygens (including phenoxy) is 2. The molecule has 2 aromatic carbocycles. The van der Waals surface area contributed by atoms with Crippen molar-refractivity contribution in [3.8, 4) is 0 Å². The summed E-state index contributed by atoms with van der Waals surface area (Å²) in [5.41, 5.74) is 0. The summed E-state index contributed by atoms with van der Waals surface area (Å²) in [6.07, 6.45) is -0.844. The van der Waals surface area contributed by atoms with Gasteiger partial charge in [0.2, 0.25) is 0 Å². The second-order valence-electron chi connectivity index (χ2n) is 8.12. The summed E-state index contributed by atoms with van der Waals surface area (Å²) in [5.74, 6) is 0.